The van der Waals surface area contributed by atoms with Crippen molar-refractivity contribution < 1.29 is 14.3 Å². The van der Waals surface area contributed by atoms with Gasteiger partial charge in [-0.1, -0.05) is 19.1 Å². The number of carbonyl (C=O) groups excluding carboxylic acids is 2. The molecule has 5 atom stereocenters. The third-order valence-corrected chi connectivity index (χ3v) is 6.53. The number of epoxide rings is 1. The molecule has 1 saturated heterocycles. The number of ether oxygens (including phenoxy) is 1. The van der Waals surface area contributed by atoms with Crippen LogP contribution >= 0.6 is 0 Å². The molecule has 0 aromatic carbocycles. The fraction of sp³-hybridized carbons (Fsp3) is 0.789. The van der Waals surface area contributed by atoms with Gasteiger partial charge in [-0.15, -0.1) is 0 Å². The highest BCUT2D eigenvalue weighted by atomic mass is 16.6. The first-order valence-electron chi connectivity index (χ1n) is 8.64. The summed E-state index contributed by atoms with van der Waals surface area (Å²) in [6.07, 6.45) is 6.29. The summed E-state index contributed by atoms with van der Waals surface area (Å²) in [5, 5.41) is 0. The predicted octanol–water partition coefficient (Wildman–Crippen LogP) is 3.85. The molecule has 2 saturated carbocycles. The first kappa shape index (κ1) is 15.9. The maximum Gasteiger partial charge on any atom is 0.139 e. The van der Waals surface area contributed by atoms with Crippen molar-refractivity contribution in [2.45, 2.75) is 77.4 Å². The highest BCUT2D eigenvalue weighted by molar-refractivity contribution is 5.89. The second-order valence-corrected chi connectivity index (χ2v) is 8.11. The molecule has 1 heterocycles. The lowest BCUT2D eigenvalue weighted by atomic mass is 9.49. The molecule has 0 N–H and O–H groups in total. The third-order valence-electron chi connectivity index (χ3n) is 6.53. The first-order valence-corrected chi connectivity index (χ1v) is 8.64. The monoisotopic (exact) mass is 304 g/mol. The van der Waals surface area contributed by atoms with E-state index in [1.165, 1.54) is 5.57 Å². The average Bonchev–Trinajstić information content (AvgIpc) is 3.08. The molecule has 1 aliphatic heterocycles. The lowest BCUT2D eigenvalue weighted by Crippen LogP contribution is -2.51. The Morgan fingerprint density at radius 3 is 2.68 bits per heavy atom. The van der Waals surface area contributed by atoms with Crippen molar-refractivity contribution in [1.29, 1.82) is 0 Å². The van der Waals surface area contributed by atoms with Crippen molar-refractivity contribution >= 4 is 11.6 Å². The van der Waals surface area contributed by atoms with Gasteiger partial charge in [0.15, 0.2) is 0 Å². The lowest BCUT2D eigenvalue weighted by molar-refractivity contribution is -0.144. The summed E-state index contributed by atoms with van der Waals surface area (Å²) < 4.78 is 5.87. The Morgan fingerprint density at radius 1 is 1.27 bits per heavy atom. The van der Waals surface area contributed by atoms with E-state index in [4.69, 9.17) is 4.74 Å². The molecule has 0 amide bonds. The number of carbonyl (C=O) groups is 2. The molecule has 3 heteroatoms. The molecule has 3 aliphatic rings. The molecule has 22 heavy (non-hydrogen) atoms. The quantitative estimate of drug-likeness (QED) is 0.585. The largest absolute Gasteiger partial charge is 0.366 e. The van der Waals surface area contributed by atoms with E-state index in [1.54, 1.807) is 6.92 Å². The van der Waals surface area contributed by atoms with E-state index in [0.717, 1.165) is 32.1 Å². The van der Waals surface area contributed by atoms with Crippen LogP contribution in [-0.4, -0.2) is 23.3 Å². The molecule has 0 aromatic heterocycles. The van der Waals surface area contributed by atoms with Crippen molar-refractivity contribution in [1.82, 2.24) is 0 Å². The van der Waals surface area contributed by atoms with Crippen LogP contribution < -0.4 is 0 Å². The zero-order chi connectivity index (χ0) is 16.1. The van der Waals surface area contributed by atoms with Gasteiger partial charge in [-0.25, -0.2) is 0 Å². The van der Waals surface area contributed by atoms with Gasteiger partial charge in [0.2, 0.25) is 0 Å². The minimum atomic E-state index is -0.256. The minimum Gasteiger partial charge on any atom is -0.366 e. The van der Waals surface area contributed by atoms with E-state index in [-0.39, 0.29) is 22.6 Å². The van der Waals surface area contributed by atoms with E-state index in [1.807, 2.05) is 0 Å². The van der Waals surface area contributed by atoms with Crippen molar-refractivity contribution in [3.05, 3.63) is 12.2 Å². The van der Waals surface area contributed by atoms with Gasteiger partial charge in [0.1, 0.15) is 11.6 Å². The van der Waals surface area contributed by atoms with Gasteiger partial charge in [0.05, 0.1) is 11.7 Å². The standard InChI is InChI=1S/C19H28O3/c1-12-5-8-17-19(4,22-17)10-9-15-14(12)11-18(15,3)16(21)7-6-13(2)20/h14-15,17H,1,5-11H2,2-4H3/t14-,15-,17-,18-,19-/m0/s1. The van der Waals surface area contributed by atoms with Gasteiger partial charge >= 0.3 is 0 Å². The molecule has 2 aliphatic carbocycles. The fourth-order valence-electron chi connectivity index (χ4n) is 4.70. The summed E-state index contributed by atoms with van der Waals surface area (Å²) in [5.74, 6) is 1.26. The number of rotatable bonds is 4. The van der Waals surface area contributed by atoms with Crippen molar-refractivity contribution in [2.24, 2.45) is 17.3 Å². The molecular weight excluding hydrogens is 276 g/mol. The van der Waals surface area contributed by atoms with Crippen LogP contribution in [0.4, 0.5) is 0 Å². The van der Waals surface area contributed by atoms with Crippen molar-refractivity contribution in [3.63, 3.8) is 0 Å². The SMILES string of the molecule is C=C1CC[C@@H]2O[C@@]2(C)CC[C@H]2[C@H]1C[C@]2(C)C(=O)CCC(C)=O. The molecule has 0 bridgehead atoms. The third kappa shape index (κ3) is 2.58. The summed E-state index contributed by atoms with van der Waals surface area (Å²) in [5.41, 5.74) is 1.09. The van der Waals surface area contributed by atoms with Crippen molar-refractivity contribution in [2.75, 3.05) is 0 Å². The molecule has 0 aromatic rings. The molecule has 3 rings (SSSR count). The second-order valence-electron chi connectivity index (χ2n) is 8.11. The summed E-state index contributed by atoms with van der Waals surface area (Å²) in [6, 6.07) is 0. The van der Waals surface area contributed by atoms with Crippen LogP contribution in [0, 0.1) is 17.3 Å². The Hall–Kier alpha value is -0.960. The Balaban J connectivity index is 1.71. The highest BCUT2D eigenvalue weighted by Gasteiger charge is 2.58. The Morgan fingerprint density at radius 2 is 2.00 bits per heavy atom. The topological polar surface area (TPSA) is 46.7 Å². The second kappa shape index (κ2) is 5.30. The molecule has 122 valence electrons. The smallest absolute Gasteiger partial charge is 0.139 e. The van der Waals surface area contributed by atoms with Crippen LogP contribution in [0.25, 0.3) is 0 Å². The predicted molar refractivity (Wildman–Crippen MR) is 85.5 cm³/mol. The van der Waals surface area contributed by atoms with Crippen LogP contribution in [0.2, 0.25) is 0 Å². The normalized spacial score (nSPS) is 43.8. The number of hydrogen-bond donors (Lipinski definition) is 0. The van der Waals surface area contributed by atoms with E-state index in [9.17, 15) is 9.59 Å². The fourth-order valence-corrected chi connectivity index (χ4v) is 4.70. The minimum absolute atomic E-state index is 0.0358. The molecular formula is C19H28O3. The van der Waals surface area contributed by atoms with E-state index < -0.39 is 0 Å². The van der Waals surface area contributed by atoms with Gasteiger partial charge in [-0.05, 0) is 57.8 Å². The van der Waals surface area contributed by atoms with Crippen molar-refractivity contribution in [3.8, 4) is 0 Å². The summed E-state index contributed by atoms with van der Waals surface area (Å²) >= 11 is 0. The van der Waals surface area contributed by atoms with Crippen LogP contribution in [0.5, 0.6) is 0 Å². The zero-order valence-electron chi connectivity index (χ0n) is 14.1. The molecule has 0 radical (unpaired) electrons. The van der Waals surface area contributed by atoms with E-state index >= 15 is 0 Å². The van der Waals surface area contributed by atoms with Gasteiger partial charge in [0.25, 0.3) is 0 Å². The van der Waals surface area contributed by atoms with Crippen LogP contribution in [0.15, 0.2) is 12.2 Å². The first-order chi connectivity index (χ1) is 10.3. The maximum atomic E-state index is 12.7. The number of fused-ring (bicyclic) bond motifs is 2. The summed E-state index contributed by atoms with van der Waals surface area (Å²) in [6.45, 7) is 10.2. The Labute approximate surface area is 133 Å². The molecule has 3 fully saturated rings. The molecule has 0 unspecified atom stereocenters. The van der Waals surface area contributed by atoms with Crippen LogP contribution in [0.1, 0.15) is 65.7 Å². The highest BCUT2D eigenvalue weighted by Crippen LogP contribution is 2.60. The zero-order valence-corrected chi connectivity index (χ0v) is 14.1. The van der Waals surface area contributed by atoms with Crippen LogP contribution in [0.3, 0.4) is 0 Å². The number of ketones is 2. The maximum absolute atomic E-state index is 12.7. The Kier molecular flexibility index (Phi) is 3.83. The molecule has 3 nitrogen and oxygen atoms in total. The number of allylic oxidation sites excluding steroid dienone is 1. The van der Waals surface area contributed by atoms with E-state index in [2.05, 4.69) is 20.4 Å². The van der Waals surface area contributed by atoms with Gasteiger partial charge in [-0.3, -0.25) is 4.79 Å². The van der Waals surface area contributed by atoms with Crippen LogP contribution in [-0.2, 0) is 14.3 Å². The van der Waals surface area contributed by atoms with E-state index in [0.29, 0.717) is 30.8 Å². The average molecular weight is 304 g/mol. The van der Waals surface area contributed by atoms with Gasteiger partial charge in [-0.2, -0.15) is 0 Å². The number of Topliss-reactive ketones (excluding diaryl/α,β-unsaturated/α-hetero) is 2. The summed E-state index contributed by atoms with van der Waals surface area (Å²) in [4.78, 5) is 23.8. The van der Waals surface area contributed by atoms with Gasteiger partial charge in [0, 0.05) is 18.3 Å². The number of hydrogen-bond acceptors (Lipinski definition) is 3. The van der Waals surface area contributed by atoms with Gasteiger partial charge < -0.3 is 9.53 Å². The Bertz CT molecular complexity index is 523. The summed E-state index contributed by atoms with van der Waals surface area (Å²) in [7, 11) is 0. The molecule has 0 spiro atoms. The lowest BCUT2D eigenvalue weighted by Gasteiger charge is -2.53.